The third-order valence-electron chi connectivity index (χ3n) is 5.58. The lowest BCUT2D eigenvalue weighted by molar-refractivity contribution is -0.139. The van der Waals surface area contributed by atoms with Gasteiger partial charge in [-0.2, -0.15) is 0 Å². The highest BCUT2D eigenvalue weighted by atomic mass is 79.9. The van der Waals surface area contributed by atoms with Crippen LogP contribution in [0.25, 0.3) is 0 Å². The first-order valence-corrected chi connectivity index (χ1v) is 10.6. The molecule has 0 aromatic heterocycles. The van der Waals surface area contributed by atoms with Crippen molar-refractivity contribution in [2.45, 2.75) is 45.3 Å². The molecular weight excluding hydrogens is 432 g/mol. The third kappa shape index (κ3) is 4.90. The minimum atomic E-state index is -1.01. The Bertz CT molecular complexity index is 890. The SMILES string of the molecule is C=C(C)[C@H]1C[C@H](c2ccc(C)cc2)[C@H](C)O[C@@H]1c1cccc(Br)c1OCC(=O)O. The van der Waals surface area contributed by atoms with Gasteiger partial charge in [-0.25, -0.2) is 4.79 Å². The highest BCUT2D eigenvalue weighted by Gasteiger charge is 2.39. The van der Waals surface area contributed by atoms with Gasteiger partial charge in [0.25, 0.3) is 0 Å². The van der Waals surface area contributed by atoms with Gasteiger partial charge in [-0.3, -0.25) is 0 Å². The summed E-state index contributed by atoms with van der Waals surface area (Å²) in [5, 5.41) is 9.04. The number of aryl methyl sites for hydroxylation is 1. The molecule has 0 bridgehead atoms. The Morgan fingerprint density at radius 2 is 1.97 bits per heavy atom. The molecule has 154 valence electrons. The maximum absolute atomic E-state index is 11.0. The number of rotatable bonds is 6. The summed E-state index contributed by atoms with van der Waals surface area (Å²) in [5.74, 6) is -0.129. The molecule has 29 heavy (non-hydrogen) atoms. The number of carboxylic acids is 1. The number of hydrogen-bond acceptors (Lipinski definition) is 3. The summed E-state index contributed by atoms with van der Waals surface area (Å²) in [4.78, 5) is 11.0. The molecular formula is C24H27BrO4. The van der Waals surface area contributed by atoms with Crippen LogP contribution >= 0.6 is 15.9 Å². The van der Waals surface area contributed by atoms with Gasteiger partial charge in [0.15, 0.2) is 6.61 Å². The van der Waals surface area contributed by atoms with Crippen LogP contribution in [0.15, 0.2) is 59.1 Å². The van der Waals surface area contributed by atoms with Crippen LogP contribution in [0.3, 0.4) is 0 Å². The maximum Gasteiger partial charge on any atom is 0.341 e. The van der Waals surface area contributed by atoms with E-state index < -0.39 is 12.6 Å². The lowest BCUT2D eigenvalue weighted by atomic mass is 9.76. The van der Waals surface area contributed by atoms with Crippen molar-refractivity contribution in [2.75, 3.05) is 6.61 Å². The van der Waals surface area contributed by atoms with Crippen LogP contribution in [0.1, 0.15) is 49.0 Å². The van der Waals surface area contributed by atoms with Crippen molar-refractivity contribution in [3.05, 3.63) is 75.8 Å². The molecule has 4 nitrogen and oxygen atoms in total. The Kier molecular flexibility index (Phi) is 6.81. The lowest BCUT2D eigenvalue weighted by Gasteiger charge is -2.42. The third-order valence-corrected chi connectivity index (χ3v) is 6.21. The second-order valence-electron chi connectivity index (χ2n) is 7.81. The smallest absolute Gasteiger partial charge is 0.341 e. The van der Waals surface area contributed by atoms with Crippen molar-refractivity contribution in [1.29, 1.82) is 0 Å². The standard InChI is InChI=1S/C24H27BrO4/c1-14(2)19-12-20(17-10-8-15(3)9-11-17)16(4)29-23(19)18-6-5-7-21(25)24(18)28-13-22(26)27/h5-11,16,19-20,23H,1,12-13H2,2-4H3,(H,26,27)/t16-,19+,20-,23+/m0/s1. The Labute approximate surface area is 180 Å². The fourth-order valence-electron chi connectivity index (χ4n) is 4.02. The topological polar surface area (TPSA) is 55.8 Å². The molecule has 1 aliphatic rings. The van der Waals surface area contributed by atoms with Crippen molar-refractivity contribution >= 4 is 21.9 Å². The molecule has 4 atom stereocenters. The van der Waals surface area contributed by atoms with Gasteiger partial charge < -0.3 is 14.6 Å². The van der Waals surface area contributed by atoms with Gasteiger partial charge in [0, 0.05) is 17.4 Å². The molecule has 0 unspecified atom stereocenters. The van der Waals surface area contributed by atoms with Gasteiger partial charge in [0.05, 0.1) is 16.7 Å². The van der Waals surface area contributed by atoms with Crippen molar-refractivity contribution in [3.63, 3.8) is 0 Å². The van der Waals surface area contributed by atoms with E-state index in [1.165, 1.54) is 11.1 Å². The van der Waals surface area contributed by atoms with E-state index in [4.69, 9.17) is 14.6 Å². The summed E-state index contributed by atoms with van der Waals surface area (Å²) in [7, 11) is 0. The normalized spacial score (nSPS) is 24.1. The van der Waals surface area contributed by atoms with Crippen LogP contribution in [0, 0.1) is 12.8 Å². The summed E-state index contributed by atoms with van der Waals surface area (Å²) in [6, 6.07) is 14.3. The summed E-state index contributed by atoms with van der Waals surface area (Å²) >= 11 is 3.50. The molecule has 5 heteroatoms. The van der Waals surface area contributed by atoms with E-state index in [-0.39, 0.29) is 24.0 Å². The molecule has 0 saturated carbocycles. The molecule has 0 radical (unpaired) electrons. The van der Waals surface area contributed by atoms with E-state index in [0.29, 0.717) is 10.2 Å². The average Bonchev–Trinajstić information content (AvgIpc) is 2.67. The van der Waals surface area contributed by atoms with Crippen LogP contribution in [0.4, 0.5) is 0 Å². The fourth-order valence-corrected chi connectivity index (χ4v) is 4.51. The van der Waals surface area contributed by atoms with E-state index in [1.807, 2.05) is 25.1 Å². The van der Waals surface area contributed by atoms with Gasteiger partial charge in [-0.1, -0.05) is 54.1 Å². The van der Waals surface area contributed by atoms with Crippen LogP contribution < -0.4 is 4.74 Å². The first-order chi connectivity index (χ1) is 13.8. The molecule has 0 aliphatic carbocycles. The molecule has 2 aromatic carbocycles. The molecule has 2 aromatic rings. The van der Waals surface area contributed by atoms with Gasteiger partial charge in [-0.15, -0.1) is 0 Å². The van der Waals surface area contributed by atoms with Gasteiger partial charge in [0.1, 0.15) is 5.75 Å². The van der Waals surface area contributed by atoms with E-state index in [2.05, 4.69) is 60.6 Å². The van der Waals surface area contributed by atoms with Gasteiger partial charge in [0.2, 0.25) is 0 Å². The van der Waals surface area contributed by atoms with E-state index in [1.54, 1.807) is 0 Å². The molecule has 1 aliphatic heterocycles. The number of carbonyl (C=O) groups is 1. The van der Waals surface area contributed by atoms with Crippen LogP contribution in [-0.4, -0.2) is 23.8 Å². The van der Waals surface area contributed by atoms with Crippen molar-refractivity contribution in [2.24, 2.45) is 5.92 Å². The summed E-state index contributed by atoms with van der Waals surface area (Å²) in [6.45, 7) is 10.0. The number of halogens is 1. The van der Waals surface area contributed by atoms with E-state index >= 15 is 0 Å². The largest absolute Gasteiger partial charge is 0.480 e. The number of ether oxygens (including phenoxy) is 2. The summed E-state index contributed by atoms with van der Waals surface area (Å²) in [6.07, 6.45) is 0.671. The second kappa shape index (κ2) is 9.14. The zero-order valence-electron chi connectivity index (χ0n) is 17.0. The predicted octanol–water partition coefficient (Wildman–Crippen LogP) is 6.05. The van der Waals surface area contributed by atoms with E-state index in [0.717, 1.165) is 17.6 Å². The Morgan fingerprint density at radius 3 is 2.59 bits per heavy atom. The van der Waals surface area contributed by atoms with Crippen LogP contribution in [-0.2, 0) is 9.53 Å². The van der Waals surface area contributed by atoms with Crippen molar-refractivity contribution in [1.82, 2.24) is 0 Å². The number of benzene rings is 2. The van der Waals surface area contributed by atoms with Gasteiger partial charge >= 0.3 is 5.97 Å². The monoisotopic (exact) mass is 458 g/mol. The Hall–Kier alpha value is -2.11. The minimum absolute atomic E-state index is 0.00427. The molecule has 3 rings (SSSR count). The summed E-state index contributed by atoms with van der Waals surface area (Å²) in [5.41, 5.74) is 4.40. The predicted molar refractivity (Wildman–Crippen MR) is 117 cm³/mol. The number of aliphatic carboxylic acids is 1. The molecule has 1 saturated heterocycles. The second-order valence-corrected chi connectivity index (χ2v) is 8.66. The zero-order chi connectivity index (χ0) is 21.1. The lowest BCUT2D eigenvalue weighted by Crippen LogP contribution is -2.34. The minimum Gasteiger partial charge on any atom is -0.480 e. The first kappa shape index (κ1) is 21.6. The van der Waals surface area contributed by atoms with Crippen LogP contribution in [0.5, 0.6) is 5.75 Å². The fraction of sp³-hybridized carbons (Fsp3) is 0.375. The quantitative estimate of drug-likeness (QED) is 0.535. The number of para-hydroxylation sites is 1. The Balaban J connectivity index is 1.94. The molecule has 0 amide bonds. The molecule has 0 spiro atoms. The first-order valence-electron chi connectivity index (χ1n) is 9.78. The molecule has 1 heterocycles. The number of hydrogen-bond donors (Lipinski definition) is 1. The highest BCUT2D eigenvalue weighted by Crippen LogP contribution is 2.49. The van der Waals surface area contributed by atoms with Crippen molar-refractivity contribution < 1.29 is 19.4 Å². The zero-order valence-corrected chi connectivity index (χ0v) is 18.6. The highest BCUT2D eigenvalue weighted by molar-refractivity contribution is 9.10. The van der Waals surface area contributed by atoms with Gasteiger partial charge in [-0.05, 0) is 54.8 Å². The number of carboxylic acid groups (broad SMARTS) is 1. The van der Waals surface area contributed by atoms with Crippen LogP contribution in [0.2, 0.25) is 0 Å². The molecule has 1 fully saturated rings. The Morgan fingerprint density at radius 1 is 1.28 bits per heavy atom. The maximum atomic E-state index is 11.0. The average molecular weight is 459 g/mol. The van der Waals surface area contributed by atoms with E-state index in [9.17, 15) is 4.79 Å². The summed E-state index contributed by atoms with van der Waals surface area (Å²) < 4.78 is 12.9. The molecule has 1 N–H and O–H groups in total. The van der Waals surface area contributed by atoms with Crippen molar-refractivity contribution in [3.8, 4) is 5.75 Å².